The van der Waals surface area contributed by atoms with Crippen LogP contribution in [0.4, 0.5) is 16.2 Å². The van der Waals surface area contributed by atoms with Crippen molar-refractivity contribution in [3.63, 3.8) is 0 Å². The Kier molecular flexibility index (Phi) is 6.86. The van der Waals surface area contributed by atoms with E-state index in [4.69, 9.17) is 10.5 Å². The summed E-state index contributed by atoms with van der Waals surface area (Å²) in [6.45, 7) is 1.67. The number of amides is 2. The number of ether oxygens (including phenoxy) is 1. The van der Waals surface area contributed by atoms with Gasteiger partial charge in [0.15, 0.2) is 17.1 Å². The van der Waals surface area contributed by atoms with Gasteiger partial charge in [0.05, 0.1) is 23.9 Å². The summed E-state index contributed by atoms with van der Waals surface area (Å²) in [6.07, 6.45) is -0.763. The van der Waals surface area contributed by atoms with E-state index in [9.17, 15) is 39.6 Å². The molecule has 3 aliphatic carbocycles. The maximum Gasteiger partial charge on any atom is 0.411 e. The second kappa shape index (κ2) is 9.58. The molecular formula is C26H32N4O9. The highest BCUT2D eigenvalue weighted by Crippen LogP contribution is 2.53. The highest BCUT2D eigenvalue weighted by molar-refractivity contribution is 6.25. The molecule has 0 aromatic heterocycles. The Bertz CT molecular complexity index is 1360. The van der Waals surface area contributed by atoms with Crippen molar-refractivity contribution in [2.24, 2.45) is 17.6 Å². The minimum atomic E-state index is -2.73. The van der Waals surface area contributed by atoms with E-state index >= 15 is 0 Å². The van der Waals surface area contributed by atoms with E-state index in [1.54, 1.807) is 40.0 Å². The van der Waals surface area contributed by atoms with Crippen LogP contribution in [-0.4, -0.2) is 95.3 Å². The largest absolute Gasteiger partial charge is 0.510 e. The van der Waals surface area contributed by atoms with Crippen LogP contribution in [0.25, 0.3) is 0 Å². The van der Waals surface area contributed by atoms with E-state index in [-0.39, 0.29) is 36.3 Å². The minimum Gasteiger partial charge on any atom is -0.510 e. The van der Waals surface area contributed by atoms with Crippen molar-refractivity contribution in [2.45, 2.75) is 31.4 Å². The Hall–Kier alpha value is -4.10. The molecule has 1 aromatic rings. The number of benzene rings is 1. The maximum absolute atomic E-state index is 13.9. The summed E-state index contributed by atoms with van der Waals surface area (Å²) in [5.74, 6) is -7.45. The number of nitrogens with two attached hydrogens (primary N) is 1. The summed E-state index contributed by atoms with van der Waals surface area (Å²) >= 11 is 0. The zero-order chi connectivity index (χ0) is 29.1. The number of likely N-dealkylation sites (N-methyl/N-ethyl adjacent to an activating group) is 1. The molecule has 0 fully saturated rings. The number of aliphatic hydroxyl groups excluding tert-OH is 2. The fourth-order valence-corrected chi connectivity index (χ4v) is 6.07. The quantitative estimate of drug-likeness (QED) is 0.225. The molecular weight excluding hydrogens is 512 g/mol. The van der Waals surface area contributed by atoms with Crippen LogP contribution in [0.5, 0.6) is 5.75 Å². The van der Waals surface area contributed by atoms with Gasteiger partial charge in [-0.3, -0.25) is 24.6 Å². The van der Waals surface area contributed by atoms with E-state index in [0.29, 0.717) is 11.3 Å². The number of rotatable bonds is 5. The molecule has 1 aromatic carbocycles. The van der Waals surface area contributed by atoms with Crippen molar-refractivity contribution in [3.05, 3.63) is 39.9 Å². The molecule has 13 nitrogen and oxygen atoms in total. The number of ketones is 2. The molecule has 0 saturated heterocycles. The van der Waals surface area contributed by atoms with Crippen molar-refractivity contribution in [3.8, 4) is 5.75 Å². The van der Waals surface area contributed by atoms with Crippen LogP contribution in [-0.2, 0) is 20.7 Å². The number of phenols is 1. The Morgan fingerprint density at radius 2 is 1.82 bits per heavy atom. The number of hydrogen-bond acceptors (Lipinski definition) is 11. The molecule has 4 atom stereocenters. The number of aromatic hydroxyl groups is 1. The van der Waals surface area contributed by atoms with Crippen molar-refractivity contribution in [1.29, 1.82) is 0 Å². The molecule has 0 saturated carbocycles. The van der Waals surface area contributed by atoms with Crippen LogP contribution < -0.4 is 16.0 Å². The first-order valence-electron chi connectivity index (χ1n) is 12.3. The van der Waals surface area contributed by atoms with Crippen LogP contribution >= 0.6 is 0 Å². The lowest BCUT2D eigenvalue weighted by atomic mass is 9.58. The smallest absolute Gasteiger partial charge is 0.411 e. The molecule has 13 heteroatoms. The van der Waals surface area contributed by atoms with Crippen LogP contribution in [0, 0.1) is 11.8 Å². The second-order valence-electron chi connectivity index (χ2n) is 10.3. The summed E-state index contributed by atoms with van der Waals surface area (Å²) < 4.78 is 4.88. The van der Waals surface area contributed by atoms with E-state index in [2.05, 4.69) is 5.32 Å². The van der Waals surface area contributed by atoms with Crippen LogP contribution in [0.2, 0.25) is 0 Å². The third kappa shape index (κ3) is 4.00. The van der Waals surface area contributed by atoms with Crippen molar-refractivity contribution in [1.82, 2.24) is 4.90 Å². The molecule has 0 radical (unpaired) electrons. The fourth-order valence-electron chi connectivity index (χ4n) is 6.07. The number of Topliss-reactive ketones (excluding diaryl/α,β-unsaturated/α-hetero) is 2. The molecule has 0 spiro atoms. The third-order valence-electron chi connectivity index (χ3n) is 7.69. The number of anilines is 2. The van der Waals surface area contributed by atoms with E-state index in [1.807, 2.05) is 0 Å². The van der Waals surface area contributed by atoms with E-state index < -0.39 is 69.9 Å². The number of phenolic OH excluding ortho intramolecular Hbond substituents is 1. The van der Waals surface area contributed by atoms with E-state index in [1.165, 1.54) is 11.0 Å². The highest BCUT2D eigenvalue weighted by atomic mass is 16.5. The van der Waals surface area contributed by atoms with E-state index in [0.717, 1.165) is 0 Å². The Balaban J connectivity index is 1.95. The number of primary amides is 1. The Labute approximate surface area is 224 Å². The Morgan fingerprint density at radius 1 is 1.18 bits per heavy atom. The number of fused-ring (bicyclic) bond motifs is 3. The summed E-state index contributed by atoms with van der Waals surface area (Å²) in [5, 5.41) is 47.4. The van der Waals surface area contributed by atoms with Crippen molar-refractivity contribution in [2.75, 3.05) is 45.0 Å². The van der Waals surface area contributed by atoms with Gasteiger partial charge < -0.3 is 35.8 Å². The topological polar surface area (TPSA) is 203 Å². The lowest BCUT2D eigenvalue weighted by Crippen LogP contribution is -2.63. The first-order chi connectivity index (χ1) is 18.2. The summed E-state index contributed by atoms with van der Waals surface area (Å²) in [4.78, 5) is 54.6. The number of carbonyl (C=O) groups is 4. The number of allylic oxidation sites excluding steroid dienone is 1. The first kappa shape index (κ1) is 27.9. The lowest BCUT2D eigenvalue weighted by molar-refractivity contribution is -0.148. The lowest BCUT2D eigenvalue weighted by Gasteiger charge is -2.50. The van der Waals surface area contributed by atoms with Gasteiger partial charge in [0.25, 0.3) is 5.91 Å². The average molecular weight is 545 g/mol. The maximum atomic E-state index is 13.9. The first-order valence-corrected chi connectivity index (χ1v) is 12.3. The molecule has 0 aliphatic heterocycles. The second-order valence-corrected chi connectivity index (χ2v) is 10.3. The summed E-state index contributed by atoms with van der Waals surface area (Å²) in [5.41, 5.74) is 2.07. The molecule has 39 heavy (non-hydrogen) atoms. The molecule has 0 heterocycles. The van der Waals surface area contributed by atoms with Gasteiger partial charge in [0, 0.05) is 31.3 Å². The van der Waals surface area contributed by atoms with Crippen LogP contribution in [0.3, 0.4) is 0 Å². The normalized spacial score (nSPS) is 26.2. The standard InChI is InChI=1S/C26H32N4O9/c1-6-39-25(37)28-13-9-14(29(2)3)11-7-10-8-12-18(30(4)5)21(33)17(24(27)36)23(35)26(12,38)22(34)15(10)20(32)16(11)19(13)31/h9-10,12,18,31,33-34,38H,6-8H2,1-5H3,(H2,27,36)(H,28,37)/t10-,12-,18-,26-/m1/s1. The highest BCUT2D eigenvalue weighted by Gasteiger charge is 2.63. The third-order valence-corrected chi connectivity index (χ3v) is 7.69. The zero-order valence-electron chi connectivity index (χ0n) is 22.2. The molecule has 210 valence electrons. The fraction of sp³-hybridized carbons (Fsp3) is 0.462. The van der Waals surface area contributed by atoms with Gasteiger partial charge in [0.1, 0.15) is 17.1 Å². The molecule has 4 rings (SSSR count). The van der Waals surface area contributed by atoms with Gasteiger partial charge in [-0.25, -0.2) is 4.79 Å². The Morgan fingerprint density at radius 3 is 2.36 bits per heavy atom. The predicted molar refractivity (Wildman–Crippen MR) is 139 cm³/mol. The number of nitrogens with zero attached hydrogens (tertiary/aromatic N) is 2. The van der Waals surface area contributed by atoms with Crippen molar-refractivity contribution < 1.29 is 44.3 Å². The monoisotopic (exact) mass is 544 g/mol. The average Bonchev–Trinajstić information content (AvgIpc) is 2.82. The molecule has 0 bridgehead atoms. The SMILES string of the molecule is CCOC(=O)Nc1cc(N(C)C)c2c(c1O)C(=O)C1=C(O)[C@@]3(O)C(=O)C(C(N)=O)=C(O)[C@H](N(C)C)[C@H]3C[C@H]1C2. The zero-order valence-corrected chi connectivity index (χ0v) is 22.2. The summed E-state index contributed by atoms with van der Waals surface area (Å²) in [7, 11) is 6.55. The van der Waals surface area contributed by atoms with Crippen LogP contribution in [0.1, 0.15) is 29.3 Å². The van der Waals surface area contributed by atoms with Crippen LogP contribution in [0.15, 0.2) is 28.7 Å². The predicted octanol–water partition coefficient (Wildman–Crippen LogP) is 0.755. The molecule has 7 N–H and O–H groups in total. The minimum absolute atomic E-state index is 0.0256. The number of aliphatic hydroxyl groups is 3. The van der Waals surface area contributed by atoms with Gasteiger partial charge >= 0.3 is 6.09 Å². The molecule has 0 unspecified atom stereocenters. The summed E-state index contributed by atoms with van der Waals surface area (Å²) in [6, 6.07) is 0.417. The van der Waals surface area contributed by atoms with Gasteiger partial charge in [0.2, 0.25) is 5.78 Å². The number of hydrogen-bond donors (Lipinski definition) is 6. The molecule has 3 aliphatic rings. The van der Waals surface area contributed by atoms with Gasteiger partial charge in [-0.15, -0.1) is 0 Å². The van der Waals surface area contributed by atoms with Crippen molar-refractivity contribution >= 4 is 34.9 Å². The number of nitrogens with one attached hydrogen (secondary N) is 1. The van der Waals surface area contributed by atoms with Gasteiger partial charge in [-0.1, -0.05) is 0 Å². The molecule has 2 amide bonds. The van der Waals surface area contributed by atoms with Gasteiger partial charge in [-0.05, 0) is 51.4 Å². The van der Waals surface area contributed by atoms with Gasteiger partial charge in [-0.2, -0.15) is 0 Å². The number of carbonyl (C=O) groups excluding carboxylic acids is 4.